The molecule has 0 radical (unpaired) electrons. The normalized spacial score (nSPS) is 28.7. The second kappa shape index (κ2) is 6.88. The van der Waals surface area contributed by atoms with Crippen LogP contribution in [0.5, 0.6) is 5.75 Å². The standard InChI is InChI=1S/C23H15BrClNO5/c24-14-8-6-13(7-9-14)23-18(12-4-2-1-3-5-12)17(21(28)29)20(27)22(23,30)19-15(25)10-26-11-16(19)31-23/h1-11,17-18,30H,(H,28,29)/t17-,18-,22+,23+/m1/s1. The minimum Gasteiger partial charge on any atom is -0.481 e. The lowest BCUT2D eigenvalue weighted by Crippen LogP contribution is -2.50. The first kappa shape index (κ1) is 20.2. The zero-order valence-corrected chi connectivity index (χ0v) is 18.2. The molecule has 6 nitrogen and oxygen atoms in total. The fourth-order valence-corrected chi connectivity index (χ4v) is 5.52. The first-order valence-corrected chi connectivity index (χ1v) is 10.6. The average Bonchev–Trinajstić information content (AvgIpc) is 3.13. The van der Waals surface area contributed by atoms with Crippen molar-refractivity contribution in [2.75, 3.05) is 0 Å². The lowest BCUT2D eigenvalue weighted by molar-refractivity contribution is -0.154. The molecule has 5 rings (SSSR count). The maximum Gasteiger partial charge on any atom is 0.314 e. The van der Waals surface area contributed by atoms with Crippen LogP contribution in [0.4, 0.5) is 0 Å². The van der Waals surface area contributed by atoms with Crippen LogP contribution in [0.2, 0.25) is 5.02 Å². The SMILES string of the molecule is O=C(O)[C@H]1C(=O)[C@@]2(O)c3c(Cl)cncc3O[C@@]2(c2ccc(Br)cc2)[C@@H]1c1ccccc1. The van der Waals surface area contributed by atoms with E-state index in [0.29, 0.717) is 11.1 Å². The van der Waals surface area contributed by atoms with Gasteiger partial charge in [-0.3, -0.25) is 14.6 Å². The number of aromatic nitrogens is 1. The van der Waals surface area contributed by atoms with Gasteiger partial charge < -0.3 is 14.9 Å². The molecule has 1 aliphatic heterocycles. The number of rotatable bonds is 3. The average molecular weight is 501 g/mol. The highest BCUT2D eigenvalue weighted by molar-refractivity contribution is 9.10. The highest BCUT2D eigenvalue weighted by Crippen LogP contribution is 2.67. The van der Waals surface area contributed by atoms with E-state index in [2.05, 4.69) is 20.9 Å². The zero-order valence-electron chi connectivity index (χ0n) is 15.8. The maximum atomic E-state index is 13.7. The summed E-state index contributed by atoms with van der Waals surface area (Å²) in [6.45, 7) is 0. The minimum atomic E-state index is -2.32. The van der Waals surface area contributed by atoms with E-state index in [1.165, 1.54) is 12.4 Å². The van der Waals surface area contributed by atoms with Gasteiger partial charge in [-0.05, 0) is 23.3 Å². The van der Waals surface area contributed by atoms with Crippen molar-refractivity contribution >= 4 is 39.3 Å². The van der Waals surface area contributed by atoms with Gasteiger partial charge in [-0.25, -0.2) is 0 Å². The number of ether oxygens (including phenoxy) is 1. The number of carbonyl (C=O) groups excluding carboxylic acids is 1. The van der Waals surface area contributed by atoms with E-state index < -0.39 is 34.8 Å². The second-order valence-corrected chi connectivity index (χ2v) is 8.94. The Balaban J connectivity index is 1.90. The van der Waals surface area contributed by atoms with Crippen molar-refractivity contribution in [3.05, 3.63) is 93.2 Å². The summed E-state index contributed by atoms with van der Waals surface area (Å²) in [7, 11) is 0. The Morgan fingerprint density at radius 2 is 1.77 bits per heavy atom. The number of carboxylic acid groups (broad SMARTS) is 1. The molecule has 1 fully saturated rings. The van der Waals surface area contributed by atoms with E-state index in [4.69, 9.17) is 16.3 Å². The smallest absolute Gasteiger partial charge is 0.314 e. The lowest BCUT2D eigenvalue weighted by atomic mass is 9.71. The number of aliphatic carboxylic acids is 1. The number of ketones is 1. The van der Waals surface area contributed by atoms with Crippen LogP contribution in [-0.2, 0) is 20.8 Å². The molecule has 1 aliphatic carbocycles. The molecule has 31 heavy (non-hydrogen) atoms. The highest BCUT2D eigenvalue weighted by atomic mass is 79.9. The molecule has 2 aliphatic rings. The fraction of sp³-hybridized carbons (Fsp3) is 0.174. The first-order valence-electron chi connectivity index (χ1n) is 9.46. The van der Waals surface area contributed by atoms with E-state index in [-0.39, 0.29) is 16.3 Å². The van der Waals surface area contributed by atoms with E-state index in [0.717, 1.165) is 4.47 Å². The largest absolute Gasteiger partial charge is 0.481 e. The number of carboxylic acids is 1. The molecule has 156 valence electrons. The van der Waals surface area contributed by atoms with Crippen LogP contribution < -0.4 is 4.74 Å². The Morgan fingerprint density at radius 1 is 1.10 bits per heavy atom. The van der Waals surface area contributed by atoms with Gasteiger partial charge in [0.05, 0.1) is 22.7 Å². The van der Waals surface area contributed by atoms with Gasteiger partial charge in [-0.1, -0.05) is 70.0 Å². The van der Waals surface area contributed by atoms with E-state index in [1.54, 1.807) is 54.6 Å². The van der Waals surface area contributed by atoms with Crippen LogP contribution in [0, 0.1) is 5.92 Å². The number of halogens is 2. The number of nitrogens with zero attached hydrogens (tertiary/aromatic N) is 1. The van der Waals surface area contributed by atoms with Crippen molar-refractivity contribution < 1.29 is 24.5 Å². The molecule has 0 spiro atoms. The Hall–Kier alpha value is -2.74. The van der Waals surface area contributed by atoms with Gasteiger partial charge in [0.1, 0.15) is 11.7 Å². The molecule has 2 N–H and O–H groups in total. The Morgan fingerprint density at radius 3 is 2.42 bits per heavy atom. The van der Waals surface area contributed by atoms with Crippen molar-refractivity contribution in [1.29, 1.82) is 0 Å². The number of hydrogen-bond acceptors (Lipinski definition) is 5. The summed E-state index contributed by atoms with van der Waals surface area (Å²) >= 11 is 9.77. The van der Waals surface area contributed by atoms with Crippen molar-refractivity contribution in [3.63, 3.8) is 0 Å². The van der Waals surface area contributed by atoms with Gasteiger partial charge in [0.25, 0.3) is 0 Å². The maximum absolute atomic E-state index is 13.7. The van der Waals surface area contributed by atoms with Gasteiger partial charge in [0.2, 0.25) is 0 Å². The molecule has 0 amide bonds. The summed E-state index contributed by atoms with van der Waals surface area (Å²) in [6.07, 6.45) is 2.68. The quantitative estimate of drug-likeness (QED) is 0.527. The number of aliphatic hydroxyl groups is 1. The molecule has 0 saturated heterocycles. The predicted octanol–water partition coefficient (Wildman–Crippen LogP) is 4.04. The third-order valence-electron chi connectivity index (χ3n) is 6.14. The monoisotopic (exact) mass is 499 g/mol. The van der Waals surface area contributed by atoms with Crippen LogP contribution in [0.1, 0.15) is 22.6 Å². The Bertz CT molecular complexity index is 1220. The topological polar surface area (TPSA) is 96.7 Å². The van der Waals surface area contributed by atoms with Crippen molar-refractivity contribution in [2.45, 2.75) is 17.1 Å². The first-order chi connectivity index (χ1) is 14.8. The molecule has 0 unspecified atom stereocenters. The van der Waals surface area contributed by atoms with Crippen LogP contribution in [0.15, 0.2) is 71.5 Å². The van der Waals surface area contributed by atoms with Crippen molar-refractivity contribution in [1.82, 2.24) is 4.98 Å². The third-order valence-corrected chi connectivity index (χ3v) is 6.96. The molecule has 1 saturated carbocycles. The second-order valence-electron chi connectivity index (χ2n) is 7.62. The van der Waals surface area contributed by atoms with E-state index >= 15 is 0 Å². The molecule has 0 bridgehead atoms. The Kier molecular flexibility index (Phi) is 4.48. The number of benzene rings is 2. The molecule has 2 heterocycles. The number of carbonyl (C=O) groups is 2. The van der Waals surface area contributed by atoms with Gasteiger partial charge in [-0.2, -0.15) is 0 Å². The van der Waals surface area contributed by atoms with E-state index in [9.17, 15) is 19.8 Å². The summed E-state index contributed by atoms with van der Waals surface area (Å²) in [5.74, 6) is -4.63. The van der Waals surface area contributed by atoms with E-state index in [1.807, 2.05) is 0 Å². The fourth-order valence-electron chi connectivity index (χ4n) is 4.97. The zero-order chi connectivity index (χ0) is 22.0. The molecular weight excluding hydrogens is 486 g/mol. The van der Waals surface area contributed by atoms with Crippen LogP contribution >= 0.6 is 27.5 Å². The number of hydrogen-bond donors (Lipinski definition) is 2. The Labute approximate surface area is 190 Å². The summed E-state index contributed by atoms with van der Waals surface area (Å²) in [6, 6.07) is 15.7. The van der Waals surface area contributed by atoms with Gasteiger partial charge in [0, 0.05) is 10.7 Å². The molecule has 8 heteroatoms. The summed E-state index contributed by atoms with van der Waals surface area (Å²) < 4.78 is 7.13. The van der Waals surface area contributed by atoms with Crippen LogP contribution in [0.25, 0.3) is 0 Å². The summed E-state index contributed by atoms with van der Waals surface area (Å²) in [4.78, 5) is 30.1. The molecule has 3 aromatic rings. The molecule has 4 atom stereocenters. The number of Topliss-reactive ketones (excluding diaryl/α,β-unsaturated/α-hetero) is 1. The summed E-state index contributed by atoms with van der Waals surface area (Å²) in [5, 5.41) is 22.2. The number of fused-ring (bicyclic) bond motifs is 3. The lowest BCUT2D eigenvalue weighted by Gasteiger charge is -2.39. The van der Waals surface area contributed by atoms with Gasteiger partial charge in [-0.15, -0.1) is 0 Å². The predicted molar refractivity (Wildman–Crippen MR) is 115 cm³/mol. The van der Waals surface area contributed by atoms with Gasteiger partial charge >= 0.3 is 5.97 Å². The number of pyridine rings is 1. The molecule has 2 aromatic carbocycles. The minimum absolute atomic E-state index is 0.0326. The highest BCUT2D eigenvalue weighted by Gasteiger charge is 2.78. The van der Waals surface area contributed by atoms with Crippen molar-refractivity contribution in [3.8, 4) is 5.75 Å². The molecular formula is C23H15BrClNO5. The van der Waals surface area contributed by atoms with Crippen LogP contribution in [0.3, 0.4) is 0 Å². The van der Waals surface area contributed by atoms with Crippen LogP contribution in [-0.4, -0.2) is 26.9 Å². The van der Waals surface area contributed by atoms with Crippen molar-refractivity contribution in [2.24, 2.45) is 5.92 Å². The van der Waals surface area contributed by atoms with Gasteiger partial charge in [0.15, 0.2) is 17.0 Å². The molecule has 1 aromatic heterocycles. The third kappa shape index (κ3) is 2.51. The summed E-state index contributed by atoms with van der Waals surface area (Å²) in [5.41, 5.74) is -3.01.